The van der Waals surface area contributed by atoms with Crippen molar-refractivity contribution in [2.24, 2.45) is 0 Å². The maximum atomic E-state index is 10.4. The summed E-state index contributed by atoms with van der Waals surface area (Å²) in [5.74, 6) is 0.0821. The van der Waals surface area contributed by atoms with Gasteiger partial charge in [-0.05, 0) is 11.6 Å². The molecule has 0 aromatic carbocycles. The van der Waals surface area contributed by atoms with Gasteiger partial charge in [-0.1, -0.05) is 13.0 Å². The van der Waals surface area contributed by atoms with Gasteiger partial charge in [0.1, 0.15) is 0 Å². The lowest BCUT2D eigenvalue weighted by atomic mass is 10.3. The van der Waals surface area contributed by atoms with E-state index < -0.39 is 5.97 Å². The van der Waals surface area contributed by atoms with Gasteiger partial charge < -0.3 is 5.11 Å². The highest BCUT2D eigenvalue weighted by Crippen LogP contribution is 2.19. The molecule has 0 fully saturated rings. The first kappa shape index (κ1) is 11.0. The molecule has 0 saturated heterocycles. The smallest absolute Gasteiger partial charge is 0.304 e. The van der Waals surface area contributed by atoms with Crippen LogP contribution in [0.2, 0.25) is 0 Å². The summed E-state index contributed by atoms with van der Waals surface area (Å²) in [6.45, 7) is 1.93. The third kappa shape index (κ3) is 4.28. The van der Waals surface area contributed by atoms with Crippen molar-refractivity contribution in [3.63, 3.8) is 0 Å². The second-order valence-electron chi connectivity index (χ2n) is 3.08. The van der Waals surface area contributed by atoms with Crippen LogP contribution in [0, 0.1) is 0 Å². The lowest BCUT2D eigenvalue weighted by molar-refractivity contribution is -0.136. The number of carboxylic acids is 1. The van der Waals surface area contributed by atoms with Gasteiger partial charge in [0, 0.05) is 23.4 Å². The Morgan fingerprint density at radius 2 is 2.50 bits per heavy atom. The molecule has 0 aliphatic carbocycles. The molecule has 0 radical (unpaired) electrons. The van der Waals surface area contributed by atoms with Gasteiger partial charge in [-0.3, -0.25) is 9.78 Å². The number of hydrogen-bond acceptors (Lipinski definition) is 3. The van der Waals surface area contributed by atoms with Gasteiger partial charge in [-0.2, -0.15) is 11.8 Å². The number of hydrogen-bond donors (Lipinski definition) is 1. The predicted octanol–water partition coefficient (Wildman–Crippen LogP) is 2.18. The van der Waals surface area contributed by atoms with E-state index in [2.05, 4.69) is 4.98 Å². The number of carboxylic acid groups (broad SMARTS) is 1. The third-order valence-electron chi connectivity index (χ3n) is 1.72. The Labute approximate surface area is 87.6 Å². The van der Waals surface area contributed by atoms with Gasteiger partial charge in [-0.15, -0.1) is 0 Å². The lowest BCUT2D eigenvalue weighted by Crippen LogP contribution is -2.05. The molecular weight excluding hydrogens is 198 g/mol. The predicted molar refractivity (Wildman–Crippen MR) is 57.2 cm³/mol. The van der Waals surface area contributed by atoms with Crippen LogP contribution in [-0.4, -0.2) is 21.3 Å². The van der Waals surface area contributed by atoms with Crippen molar-refractivity contribution >= 4 is 17.7 Å². The summed E-state index contributed by atoms with van der Waals surface area (Å²) in [7, 11) is 0. The molecule has 1 N–H and O–H groups in total. The first-order valence-corrected chi connectivity index (χ1v) is 5.45. The van der Waals surface area contributed by atoms with Gasteiger partial charge in [-0.25, -0.2) is 0 Å². The second-order valence-corrected chi connectivity index (χ2v) is 4.51. The summed E-state index contributed by atoms with van der Waals surface area (Å²) >= 11 is 1.64. The summed E-state index contributed by atoms with van der Waals surface area (Å²) in [6, 6.07) is 3.88. The Morgan fingerprint density at radius 1 is 1.71 bits per heavy atom. The molecule has 1 aromatic heterocycles. The van der Waals surface area contributed by atoms with Crippen molar-refractivity contribution in [3.8, 4) is 0 Å². The van der Waals surface area contributed by atoms with E-state index >= 15 is 0 Å². The maximum Gasteiger partial charge on any atom is 0.304 e. The number of aliphatic carboxylic acids is 1. The van der Waals surface area contributed by atoms with Crippen molar-refractivity contribution in [2.45, 2.75) is 24.3 Å². The molecule has 0 saturated carbocycles. The van der Waals surface area contributed by atoms with Crippen LogP contribution in [0.1, 0.15) is 18.9 Å². The summed E-state index contributed by atoms with van der Waals surface area (Å²) in [6.07, 6.45) is 3.75. The minimum atomic E-state index is -0.740. The highest BCUT2D eigenvalue weighted by atomic mass is 32.2. The second kappa shape index (κ2) is 5.65. The fourth-order valence-electron chi connectivity index (χ4n) is 1.03. The van der Waals surface area contributed by atoms with E-state index in [1.165, 1.54) is 0 Å². The van der Waals surface area contributed by atoms with Crippen LogP contribution in [-0.2, 0) is 10.5 Å². The van der Waals surface area contributed by atoms with Gasteiger partial charge in [0.05, 0.1) is 6.42 Å². The van der Waals surface area contributed by atoms with Gasteiger partial charge in [0.15, 0.2) is 0 Å². The largest absolute Gasteiger partial charge is 0.481 e. The number of carbonyl (C=O) groups is 1. The van der Waals surface area contributed by atoms with E-state index in [4.69, 9.17) is 5.11 Å². The fourth-order valence-corrected chi connectivity index (χ4v) is 1.93. The van der Waals surface area contributed by atoms with E-state index in [0.717, 1.165) is 11.3 Å². The van der Waals surface area contributed by atoms with Crippen LogP contribution >= 0.6 is 11.8 Å². The van der Waals surface area contributed by atoms with E-state index in [9.17, 15) is 4.79 Å². The lowest BCUT2D eigenvalue weighted by Gasteiger charge is -2.07. The van der Waals surface area contributed by atoms with E-state index in [1.54, 1.807) is 24.2 Å². The molecule has 1 heterocycles. The zero-order valence-corrected chi connectivity index (χ0v) is 8.83. The summed E-state index contributed by atoms with van der Waals surface area (Å²) in [5, 5.41) is 8.70. The molecule has 0 aliphatic heterocycles. The van der Waals surface area contributed by atoms with E-state index in [1.807, 2.05) is 19.1 Å². The molecule has 0 spiro atoms. The standard InChI is InChI=1S/C10H13NO2S/c1-8(5-10(12)13)14-7-9-3-2-4-11-6-9/h2-4,6,8H,5,7H2,1H3,(H,12,13). The van der Waals surface area contributed by atoms with Crippen LogP contribution in [0.25, 0.3) is 0 Å². The van der Waals surface area contributed by atoms with Crippen LogP contribution in [0.4, 0.5) is 0 Å². The molecule has 1 unspecified atom stereocenters. The van der Waals surface area contributed by atoms with Crippen LogP contribution in [0.15, 0.2) is 24.5 Å². The molecule has 0 amide bonds. The van der Waals surface area contributed by atoms with Crippen molar-refractivity contribution in [3.05, 3.63) is 30.1 Å². The monoisotopic (exact) mass is 211 g/mol. The summed E-state index contributed by atoms with van der Waals surface area (Å²) in [5.41, 5.74) is 1.13. The summed E-state index contributed by atoms with van der Waals surface area (Å²) < 4.78 is 0. The van der Waals surface area contributed by atoms with E-state index in [-0.39, 0.29) is 11.7 Å². The minimum Gasteiger partial charge on any atom is -0.481 e. The minimum absolute atomic E-state index is 0.146. The SMILES string of the molecule is CC(CC(=O)O)SCc1cccnc1. The van der Waals surface area contributed by atoms with Gasteiger partial charge in [0.25, 0.3) is 0 Å². The Kier molecular flexibility index (Phi) is 4.46. The molecule has 0 bridgehead atoms. The molecular formula is C10H13NO2S. The normalized spacial score (nSPS) is 12.4. The fraction of sp³-hybridized carbons (Fsp3) is 0.400. The maximum absolute atomic E-state index is 10.4. The topological polar surface area (TPSA) is 50.2 Å². The van der Waals surface area contributed by atoms with Crippen LogP contribution in [0.3, 0.4) is 0 Å². The Balaban J connectivity index is 2.30. The first-order chi connectivity index (χ1) is 6.68. The number of thioether (sulfide) groups is 1. The van der Waals surface area contributed by atoms with Crippen molar-refractivity contribution in [1.82, 2.24) is 4.98 Å². The molecule has 1 atom stereocenters. The zero-order valence-electron chi connectivity index (χ0n) is 8.01. The molecule has 1 rings (SSSR count). The van der Waals surface area contributed by atoms with Crippen molar-refractivity contribution < 1.29 is 9.90 Å². The molecule has 3 nitrogen and oxygen atoms in total. The zero-order chi connectivity index (χ0) is 10.4. The Morgan fingerprint density at radius 3 is 3.07 bits per heavy atom. The molecule has 14 heavy (non-hydrogen) atoms. The number of nitrogens with zero attached hydrogens (tertiary/aromatic N) is 1. The Bertz CT molecular complexity index is 289. The highest BCUT2D eigenvalue weighted by Gasteiger charge is 2.07. The Hall–Kier alpha value is -1.03. The quantitative estimate of drug-likeness (QED) is 0.811. The van der Waals surface area contributed by atoms with Crippen LogP contribution < -0.4 is 0 Å². The number of rotatable bonds is 5. The van der Waals surface area contributed by atoms with Gasteiger partial charge >= 0.3 is 5.97 Å². The molecule has 4 heteroatoms. The number of aromatic nitrogens is 1. The van der Waals surface area contributed by atoms with E-state index in [0.29, 0.717) is 0 Å². The summed E-state index contributed by atoms with van der Waals surface area (Å²) in [4.78, 5) is 14.4. The van der Waals surface area contributed by atoms with Crippen LogP contribution in [0.5, 0.6) is 0 Å². The highest BCUT2D eigenvalue weighted by molar-refractivity contribution is 7.99. The van der Waals surface area contributed by atoms with Crippen molar-refractivity contribution in [2.75, 3.05) is 0 Å². The number of pyridine rings is 1. The first-order valence-electron chi connectivity index (χ1n) is 4.41. The third-order valence-corrected chi connectivity index (χ3v) is 2.96. The molecule has 1 aromatic rings. The molecule has 0 aliphatic rings. The van der Waals surface area contributed by atoms with Crippen molar-refractivity contribution in [1.29, 1.82) is 0 Å². The van der Waals surface area contributed by atoms with Gasteiger partial charge in [0.2, 0.25) is 0 Å². The average Bonchev–Trinajstić information content (AvgIpc) is 2.15. The average molecular weight is 211 g/mol. The molecule has 76 valence electrons.